The normalized spacial score (nSPS) is 15.6. The van der Waals surface area contributed by atoms with Crippen molar-refractivity contribution in [1.82, 2.24) is 20.0 Å². The van der Waals surface area contributed by atoms with Crippen molar-refractivity contribution in [2.75, 3.05) is 53.4 Å². The minimum absolute atomic E-state index is 0.0440. The molecule has 0 aromatic heterocycles. The summed E-state index contributed by atoms with van der Waals surface area (Å²) in [6.07, 6.45) is 0. The van der Waals surface area contributed by atoms with E-state index in [0.29, 0.717) is 50.6 Å². The third-order valence-electron chi connectivity index (χ3n) is 5.19. The Labute approximate surface area is 179 Å². The Kier molecular flexibility index (Phi) is 8.65. The minimum atomic E-state index is -0.598. The highest BCUT2D eigenvalue weighted by Crippen LogP contribution is 2.14. The lowest BCUT2D eigenvalue weighted by molar-refractivity contribution is -0.136. The second-order valence-corrected chi connectivity index (χ2v) is 8.04. The number of likely N-dealkylation sites (N-methyl/N-ethyl adjacent to an activating group) is 1. The summed E-state index contributed by atoms with van der Waals surface area (Å²) in [5, 5.41) is 2.89. The van der Waals surface area contributed by atoms with Crippen LogP contribution < -0.4 is 10.1 Å². The fraction of sp³-hybridized carbons (Fsp3) is 0.591. The molecule has 0 aliphatic carbocycles. The maximum atomic E-state index is 13.1. The van der Waals surface area contributed by atoms with Crippen molar-refractivity contribution >= 4 is 17.7 Å². The first-order valence-corrected chi connectivity index (χ1v) is 10.5. The lowest BCUT2D eigenvalue weighted by Crippen LogP contribution is -2.57. The summed E-state index contributed by atoms with van der Waals surface area (Å²) >= 11 is 0. The van der Waals surface area contributed by atoms with E-state index >= 15 is 0 Å². The van der Waals surface area contributed by atoms with Gasteiger partial charge in [-0.1, -0.05) is 13.8 Å². The van der Waals surface area contributed by atoms with E-state index in [2.05, 4.69) is 10.2 Å². The van der Waals surface area contributed by atoms with Crippen molar-refractivity contribution in [3.05, 3.63) is 29.8 Å². The van der Waals surface area contributed by atoms with Crippen LogP contribution in [0.5, 0.6) is 5.75 Å². The molecule has 0 radical (unpaired) electrons. The Morgan fingerprint density at radius 2 is 1.67 bits per heavy atom. The summed E-state index contributed by atoms with van der Waals surface area (Å²) in [5.74, 6) is 0.356. The first-order chi connectivity index (χ1) is 14.2. The van der Waals surface area contributed by atoms with Gasteiger partial charge in [0.1, 0.15) is 11.8 Å². The molecule has 8 nitrogen and oxygen atoms in total. The number of nitrogens with zero attached hydrogens (tertiary/aromatic N) is 3. The second-order valence-electron chi connectivity index (χ2n) is 8.04. The number of nitrogens with one attached hydrogen (secondary N) is 1. The SMILES string of the molecule is CCOc1ccc(C(=O)N[C@H](C(=O)N2CCN(CC(=O)N(C)C)CC2)C(C)C)cc1. The summed E-state index contributed by atoms with van der Waals surface area (Å²) in [5.41, 5.74) is 0.490. The Bertz CT molecular complexity index is 725. The Morgan fingerprint density at radius 3 is 2.17 bits per heavy atom. The van der Waals surface area contributed by atoms with Crippen LogP contribution in [-0.2, 0) is 9.59 Å². The predicted molar refractivity (Wildman–Crippen MR) is 115 cm³/mol. The summed E-state index contributed by atoms with van der Waals surface area (Å²) in [6, 6.07) is 6.29. The monoisotopic (exact) mass is 418 g/mol. The molecule has 30 heavy (non-hydrogen) atoms. The molecule has 1 N–H and O–H groups in total. The van der Waals surface area contributed by atoms with Crippen LogP contribution in [0.15, 0.2) is 24.3 Å². The van der Waals surface area contributed by atoms with Gasteiger partial charge >= 0.3 is 0 Å². The molecule has 1 aliphatic heterocycles. The summed E-state index contributed by atoms with van der Waals surface area (Å²) < 4.78 is 5.40. The van der Waals surface area contributed by atoms with Crippen LogP contribution >= 0.6 is 0 Å². The van der Waals surface area contributed by atoms with Crippen molar-refractivity contribution in [1.29, 1.82) is 0 Å². The van der Waals surface area contributed by atoms with Crippen LogP contribution in [-0.4, -0.2) is 91.9 Å². The van der Waals surface area contributed by atoms with Crippen molar-refractivity contribution < 1.29 is 19.1 Å². The van der Waals surface area contributed by atoms with Crippen molar-refractivity contribution in [3.8, 4) is 5.75 Å². The average molecular weight is 419 g/mol. The molecule has 3 amide bonds. The zero-order valence-corrected chi connectivity index (χ0v) is 18.7. The zero-order chi connectivity index (χ0) is 22.3. The average Bonchev–Trinajstić information content (AvgIpc) is 2.72. The molecular formula is C22H34N4O4. The van der Waals surface area contributed by atoms with Crippen LogP contribution in [0.2, 0.25) is 0 Å². The predicted octanol–water partition coefficient (Wildman–Crippen LogP) is 1.07. The van der Waals surface area contributed by atoms with Gasteiger partial charge in [-0.2, -0.15) is 0 Å². The molecule has 0 spiro atoms. The third kappa shape index (κ3) is 6.45. The third-order valence-corrected chi connectivity index (χ3v) is 5.19. The maximum Gasteiger partial charge on any atom is 0.251 e. The van der Waals surface area contributed by atoms with E-state index < -0.39 is 6.04 Å². The number of rotatable bonds is 8. The molecule has 1 heterocycles. The molecule has 1 aromatic rings. The van der Waals surface area contributed by atoms with Gasteiger partial charge in [0.05, 0.1) is 13.2 Å². The highest BCUT2D eigenvalue weighted by atomic mass is 16.5. The van der Waals surface area contributed by atoms with Gasteiger partial charge in [0.2, 0.25) is 11.8 Å². The first-order valence-electron chi connectivity index (χ1n) is 10.5. The molecule has 166 valence electrons. The van der Waals surface area contributed by atoms with E-state index in [1.165, 1.54) is 0 Å². The van der Waals surface area contributed by atoms with Crippen molar-refractivity contribution in [2.24, 2.45) is 5.92 Å². The largest absolute Gasteiger partial charge is 0.494 e. The molecular weight excluding hydrogens is 384 g/mol. The molecule has 1 aliphatic rings. The standard InChI is InChI=1S/C22H34N4O4/c1-6-30-18-9-7-17(8-10-18)21(28)23-20(16(2)3)22(29)26-13-11-25(12-14-26)15-19(27)24(4)5/h7-10,16,20H,6,11-15H2,1-5H3,(H,23,28)/t20-/m0/s1. The highest BCUT2D eigenvalue weighted by molar-refractivity contribution is 5.97. The van der Waals surface area contributed by atoms with Gasteiger partial charge in [-0.15, -0.1) is 0 Å². The van der Waals surface area contributed by atoms with E-state index in [0.717, 1.165) is 0 Å². The van der Waals surface area contributed by atoms with Gasteiger partial charge in [0.25, 0.3) is 5.91 Å². The van der Waals surface area contributed by atoms with Crippen molar-refractivity contribution in [3.63, 3.8) is 0 Å². The molecule has 1 aromatic carbocycles. The topological polar surface area (TPSA) is 82.2 Å². The number of benzene rings is 1. The van der Waals surface area contributed by atoms with Gasteiger partial charge in [-0.3, -0.25) is 19.3 Å². The fourth-order valence-electron chi connectivity index (χ4n) is 3.26. The number of carbonyl (C=O) groups is 3. The number of ether oxygens (including phenoxy) is 1. The van der Waals surface area contributed by atoms with E-state index in [9.17, 15) is 14.4 Å². The fourth-order valence-corrected chi connectivity index (χ4v) is 3.26. The lowest BCUT2D eigenvalue weighted by atomic mass is 10.0. The molecule has 1 saturated heterocycles. The Hall–Kier alpha value is -2.61. The minimum Gasteiger partial charge on any atom is -0.494 e. The van der Waals surface area contributed by atoms with Gasteiger partial charge in [0, 0.05) is 45.8 Å². The summed E-state index contributed by atoms with van der Waals surface area (Å²) in [7, 11) is 3.48. The quantitative estimate of drug-likeness (QED) is 0.683. The van der Waals surface area contributed by atoms with E-state index in [-0.39, 0.29) is 23.6 Å². The number of amides is 3. The van der Waals surface area contributed by atoms with E-state index in [1.807, 2.05) is 20.8 Å². The summed E-state index contributed by atoms with van der Waals surface area (Å²) in [6.45, 7) is 9.04. The Balaban J connectivity index is 1.95. The molecule has 0 unspecified atom stereocenters. The van der Waals surface area contributed by atoms with Crippen LogP contribution in [0.25, 0.3) is 0 Å². The van der Waals surface area contributed by atoms with E-state index in [1.54, 1.807) is 48.2 Å². The van der Waals surface area contributed by atoms with Crippen LogP contribution in [0, 0.1) is 5.92 Å². The van der Waals surface area contributed by atoms with Gasteiger partial charge in [-0.05, 0) is 37.1 Å². The highest BCUT2D eigenvalue weighted by Gasteiger charge is 2.31. The molecule has 2 rings (SSSR count). The molecule has 0 bridgehead atoms. The zero-order valence-electron chi connectivity index (χ0n) is 18.7. The summed E-state index contributed by atoms with van der Waals surface area (Å²) in [4.78, 5) is 43.0. The smallest absolute Gasteiger partial charge is 0.251 e. The van der Waals surface area contributed by atoms with Crippen molar-refractivity contribution in [2.45, 2.75) is 26.8 Å². The van der Waals surface area contributed by atoms with Crippen LogP contribution in [0.4, 0.5) is 0 Å². The number of hydrogen-bond acceptors (Lipinski definition) is 5. The molecule has 0 saturated carbocycles. The first kappa shape index (κ1) is 23.7. The van der Waals surface area contributed by atoms with Crippen LogP contribution in [0.1, 0.15) is 31.1 Å². The number of carbonyl (C=O) groups excluding carboxylic acids is 3. The maximum absolute atomic E-state index is 13.1. The molecule has 8 heteroatoms. The van der Waals surface area contributed by atoms with Gasteiger partial charge in [0.15, 0.2) is 0 Å². The second kappa shape index (κ2) is 11.0. The molecule has 1 fully saturated rings. The number of hydrogen-bond donors (Lipinski definition) is 1. The van der Waals surface area contributed by atoms with Gasteiger partial charge in [-0.25, -0.2) is 0 Å². The van der Waals surface area contributed by atoms with Gasteiger partial charge < -0.3 is 19.9 Å². The Morgan fingerprint density at radius 1 is 1.07 bits per heavy atom. The lowest BCUT2D eigenvalue weighted by Gasteiger charge is -2.37. The van der Waals surface area contributed by atoms with E-state index in [4.69, 9.17) is 4.74 Å². The molecule has 1 atom stereocenters. The van der Waals surface area contributed by atoms with Crippen LogP contribution in [0.3, 0.4) is 0 Å². The number of piperazine rings is 1.